The number of carbonyl (C=O) groups is 1. The van der Waals surface area contributed by atoms with Gasteiger partial charge in [0.1, 0.15) is 17.9 Å². The summed E-state index contributed by atoms with van der Waals surface area (Å²) < 4.78 is 20.8. The second kappa shape index (κ2) is 9.21. The van der Waals surface area contributed by atoms with Crippen LogP contribution in [0.5, 0.6) is 5.75 Å². The van der Waals surface area contributed by atoms with Crippen LogP contribution < -0.4 is 20.3 Å². The first kappa shape index (κ1) is 21.5. The molecule has 1 saturated carbocycles. The van der Waals surface area contributed by atoms with Crippen molar-refractivity contribution < 1.29 is 13.9 Å². The number of halogens is 1. The van der Waals surface area contributed by atoms with Gasteiger partial charge in [-0.3, -0.25) is 0 Å². The summed E-state index contributed by atoms with van der Waals surface area (Å²) in [6, 6.07) is 11.9. The summed E-state index contributed by atoms with van der Waals surface area (Å²) in [5.41, 5.74) is 2.64. The van der Waals surface area contributed by atoms with Crippen LogP contribution in [-0.2, 0) is 0 Å². The second-order valence-electron chi connectivity index (χ2n) is 7.77. The van der Waals surface area contributed by atoms with E-state index in [0.717, 1.165) is 29.8 Å². The fourth-order valence-corrected chi connectivity index (χ4v) is 4.51. The molecule has 1 fully saturated rings. The van der Waals surface area contributed by atoms with E-state index in [1.54, 1.807) is 31.0 Å². The van der Waals surface area contributed by atoms with Crippen LogP contribution in [0.3, 0.4) is 0 Å². The number of hydrogen-bond acceptors (Lipinski definition) is 6. The summed E-state index contributed by atoms with van der Waals surface area (Å²) in [4.78, 5) is 14.2. The monoisotopic (exact) mass is 439 g/mol. The molecule has 1 heterocycles. The lowest BCUT2D eigenvalue weighted by Crippen LogP contribution is -2.45. The number of carbonyl (C=O) groups excluding carboxylic acids is 1. The van der Waals surface area contributed by atoms with E-state index in [1.807, 2.05) is 25.2 Å². The first-order valence-electron chi connectivity index (χ1n) is 10.4. The maximum Gasteiger partial charge on any atom is 0.314 e. The number of hydrogen-bond donors (Lipinski definition) is 2. The van der Waals surface area contributed by atoms with Gasteiger partial charge in [0.2, 0.25) is 0 Å². The molecule has 10 heteroatoms. The van der Waals surface area contributed by atoms with Crippen molar-refractivity contribution in [1.82, 2.24) is 30.8 Å². The zero-order valence-corrected chi connectivity index (χ0v) is 18.2. The summed E-state index contributed by atoms with van der Waals surface area (Å²) in [6.45, 7) is 0. The Balaban J connectivity index is 1.71. The minimum Gasteiger partial charge on any atom is -0.495 e. The van der Waals surface area contributed by atoms with E-state index in [9.17, 15) is 9.18 Å². The van der Waals surface area contributed by atoms with Crippen LogP contribution >= 0.6 is 0 Å². The minimum atomic E-state index is -0.289. The smallest absolute Gasteiger partial charge is 0.314 e. The molecule has 2 N–H and O–H groups in total. The summed E-state index contributed by atoms with van der Waals surface area (Å²) in [7, 11) is 5.23. The molecule has 2 aromatic carbocycles. The van der Waals surface area contributed by atoms with Crippen LogP contribution in [-0.4, -0.2) is 59.5 Å². The third-order valence-corrected chi connectivity index (χ3v) is 6.07. The van der Waals surface area contributed by atoms with Gasteiger partial charge in [-0.2, -0.15) is 0 Å². The highest BCUT2D eigenvalue weighted by Gasteiger charge is 2.40. The molecule has 3 atom stereocenters. The van der Waals surface area contributed by atoms with Crippen LogP contribution in [0.15, 0.2) is 48.8 Å². The lowest BCUT2D eigenvalue weighted by molar-refractivity contribution is 0.238. The van der Waals surface area contributed by atoms with Crippen molar-refractivity contribution in [2.24, 2.45) is 0 Å². The Morgan fingerprint density at radius 2 is 2.00 bits per heavy atom. The number of aromatic nitrogens is 4. The molecule has 4 rings (SSSR count). The number of ether oxygens (including phenoxy) is 1. The van der Waals surface area contributed by atoms with Crippen LogP contribution in [0, 0.1) is 5.82 Å². The number of urea groups is 1. The molecule has 1 aliphatic carbocycles. The van der Waals surface area contributed by atoms with Crippen molar-refractivity contribution in [1.29, 1.82) is 0 Å². The predicted molar refractivity (Wildman–Crippen MR) is 118 cm³/mol. The highest BCUT2D eigenvalue weighted by atomic mass is 19.1. The van der Waals surface area contributed by atoms with E-state index >= 15 is 0 Å². The minimum absolute atomic E-state index is 0.0423. The van der Waals surface area contributed by atoms with Crippen LogP contribution in [0.25, 0.3) is 5.69 Å². The summed E-state index contributed by atoms with van der Waals surface area (Å²) in [5, 5.41) is 17.1. The molecular formula is C22H26FN7O2. The maximum absolute atomic E-state index is 13.6. The molecule has 2 amide bonds. The Morgan fingerprint density at radius 1 is 1.22 bits per heavy atom. The van der Waals surface area contributed by atoms with E-state index < -0.39 is 0 Å². The van der Waals surface area contributed by atoms with Crippen LogP contribution in [0.2, 0.25) is 0 Å². The third-order valence-electron chi connectivity index (χ3n) is 6.07. The van der Waals surface area contributed by atoms with E-state index in [0.29, 0.717) is 5.75 Å². The van der Waals surface area contributed by atoms with Crippen LogP contribution in [0.1, 0.15) is 24.3 Å². The van der Waals surface area contributed by atoms with Gasteiger partial charge < -0.3 is 20.3 Å². The van der Waals surface area contributed by atoms with Crippen molar-refractivity contribution in [3.8, 4) is 11.4 Å². The number of rotatable bonds is 6. The normalized spacial score (nSPS) is 20.1. The fraction of sp³-hybridized carbons (Fsp3) is 0.364. The highest BCUT2D eigenvalue weighted by Crippen LogP contribution is 2.42. The second-order valence-corrected chi connectivity index (χ2v) is 7.77. The van der Waals surface area contributed by atoms with Gasteiger partial charge in [0.05, 0.1) is 18.5 Å². The number of benzene rings is 2. The average Bonchev–Trinajstić information content (AvgIpc) is 3.49. The number of nitrogens with zero attached hydrogens (tertiary/aromatic N) is 5. The van der Waals surface area contributed by atoms with E-state index in [4.69, 9.17) is 4.74 Å². The van der Waals surface area contributed by atoms with Crippen molar-refractivity contribution in [3.05, 3.63) is 60.2 Å². The maximum atomic E-state index is 13.6. The quantitative estimate of drug-likeness (QED) is 0.613. The topological polar surface area (TPSA) is 97.2 Å². The molecule has 3 aromatic rings. The molecule has 0 aliphatic heterocycles. The standard InChI is InChI=1S/C22H26FN7O2/c1-24-22(31)26-17-9-10-18(21(17)14-4-6-15(23)7-5-14)29(2)19-12-16(8-11-20(19)32-3)30-13-25-27-28-30/h4-8,11-13,17-18,21H,9-10H2,1-3H3,(H2,24,26,31)/t17-,18-,21-/m0/s1. The predicted octanol–water partition coefficient (Wildman–Crippen LogP) is 2.49. The number of methoxy groups -OCH3 is 1. The molecule has 9 nitrogen and oxygen atoms in total. The van der Waals surface area contributed by atoms with E-state index in [2.05, 4.69) is 31.1 Å². The zero-order chi connectivity index (χ0) is 22.7. The average molecular weight is 439 g/mol. The SMILES string of the molecule is CNC(=O)N[C@H]1CC[C@H](N(C)c2cc(-n3cnnn3)ccc2OC)[C@H]1c1ccc(F)cc1. The molecule has 0 bridgehead atoms. The first-order valence-corrected chi connectivity index (χ1v) is 10.4. The third kappa shape index (κ3) is 4.20. The lowest BCUT2D eigenvalue weighted by Gasteiger charge is -2.35. The number of nitrogens with one attached hydrogen (secondary N) is 2. The largest absolute Gasteiger partial charge is 0.495 e. The lowest BCUT2D eigenvalue weighted by atomic mass is 9.90. The Bertz CT molecular complexity index is 1060. The van der Waals surface area contributed by atoms with Gasteiger partial charge in [0.25, 0.3) is 0 Å². The van der Waals surface area contributed by atoms with Gasteiger partial charge in [-0.25, -0.2) is 13.9 Å². The van der Waals surface area contributed by atoms with Crippen molar-refractivity contribution in [3.63, 3.8) is 0 Å². The van der Waals surface area contributed by atoms with E-state index in [-0.39, 0.29) is 29.8 Å². The molecule has 0 unspecified atom stereocenters. The molecule has 1 aliphatic rings. The van der Waals surface area contributed by atoms with Gasteiger partial charge in [0.15, 0.2) is 0 Å². The van der Waals surface area contributed by atoms with Gasteiger partial charge in [-0.1, -0.05) is 12.1 Å². The van der Waals surface area contributed by atoms with Crippen molar-refractivity contribution in [2.45, 2.75) is 30.8 Å². The molecule has 0 spiro atoms. The Morgan fingerprint density at radius 3 is 2.66 bits per heavy atom. The molecular weight excluding hydrogens is 413 g/mol. The number of tetrazole rings is 1. The molecule has 0 radical (unpaired) electrons. The Kier molecular flexibility index (Phi) is 6.20. The van der Waals surface area contributed by atoms with E-state index in [1.165, 1.54) is 18.5 Å². The summed E-state index contributed by atoms with van der Waals surface area (Å²) >= 11 is 0. The first-order chi connectivity index (χ1) is 15.5. The Hall–Kier alpha value is -3.69. The fourth-order valence-electron chi connectivity index (χ4n) is 4.51. The van der Waals surface area contributed by atoms with Crippen LogP contribution in [0.4, 0.5) is 14.9 Å². The molecule has 32 heavy (non-hydrogen) atoms. The molecule has 1 aromatic heterocycles. The highest BCUT2D eigenvalue weighted by molar-refractivity contribution is 5.74. The molecule has 168 valence electrons. The summed E-state index contributed by atoms with van der Waals surface area (Å²) in [6.07, 6.45) is 3.16. The summed E-state index contributed by atoms with van der Waals surface area (Å²) in [5.74, 6) is 0.382. The van der Waals surface area contributed by atoms with Gasteiger partial charge in [0, 0.05) is 32.1 Å². The van der Waals surface area contributed by atoms with Gasteiger partial charge in [-0.05, 0) is 59.2 Å². The van der Waals surface area contributed by atoms with Crippen molar-refractivity contribution in [2.75, 3.05) is 26.1 Å². The zero-order valence-electron chi connectivity index (χ0n) is 18.2. The Labute approximate surface area is 185 Å². The number of likely N-dealkylation sites (N-methyl/N-ethyl adjacent to an activating group) is 1. The number of amides is 2. The van der Waals surface area contributed by atoms with Gasteiger partial charge >= 0.3 is 6.03 Å². The van der Waals surface area contributed by atoms with Crippen molar-refractivity contribution >= 4 is 11.7 Å². The molecule has 0 saturated heterocycles. The van der Waals surface area contributed by atoms with Gasteiger partial charge in [-0.15, -0.1) is 5.10 Å². The number of anilines is 1.